The zero-order chi connectivity index (χ0) is 81.8. The van der Waals surface area contributed by atoms with E-state index in [0.29, 0.717) is 25.7 Å². The highest BCUT2D eigenvalue weighted by atomic mass is 31.2. The summed E-state index contributed by atoms with van der Waals surface area (Å²) in [7, 11) is -9.94. The summed E-state index contributed by atoms with van der Waals surface area (Å²) in [5.41, 5.74) is 0. The average molecular weight is 1630 g/mol. The second-order valence-electron chi connectivity index (χ2n) is 33.9. The van der Waals surface area contributed by atoms with Crippen LogP contribution < -0.4 is 0 Å². The standard InChI is InChI=1S/C93H182O17P2/c1-6-9-12-15-18-21-24-27-30-33-36-38-41-43-46-49-52-55-61-66-71-76-90(95)103-82-88(109-92(97)78-73-69-64-57-54-51-48-45-42-39-37-34-31-28-25-22-19-16-13-10-7-2)84-107-111(99,100)105-80-87(94)81-106-112(101,102)108-85-89(83-104-91(96)77-72-67-62-59-58-60-65-70-75-86(4)5)110-93(98)79-74-68-63-56-53-50-47-44-40-35-32-29-26-23-20-17-14-11-8-3/h86-89,94H,6-85H2,1-5H3,(H,99,100)(H,101,102)/t87-,88-,89-/m1/s1. The molecule has 19 heteroatoms. The minimum Gasteiger partial charge on any atom is -0.462 e. The van der Waals surface area contributed by atoms with Crippen LogP contribution in [0.4, 0.5) is 0 Å². The van der Waals surface area contributed by atoms with Gasteiger partial charge in [0, 0.05) is 25.7 Å². The van der Waals surface area contributed by atoms with Gasteiger partial charge >= 0.3 is 39.5 Å². The minimum atomic E-state index is -4.97. The monoisotopic (exact) mass is 1630 g/mol. The third kappa shape index (κ3) is 85.9. The summed E-state index contributed by atoms with van der Waals surface area (Å²) in [6.45, 7) is 7.37. The fourth-order valence-corrected chi connectivity index (χ4v) is 16.3. The number of hydrogen-bond acceptors (Lipinski definition) is 15. The van der Waals surface area contributed by atoms with Crippen LogP contribution in [-0.2, 0) is 65.4 Å². The van der Waals surface area contributed by atoms with Gasteiger partial charge in [-0.2, -0.15) is 0 Å². The lowest BCUT2D eigenvalue weighted by atomic mass is 10.0. The molecule has 0 radical (unpaired) electrons. The number of unbranched alkanes of at least 4 members (excludes halogenated alkanes) is 65. The molecule has 666 valence electrons. The van der Waals surface area contributed by atoms with Crippen molar-refractivity contribution in [3.63, 3.8) is 0 Å². The zero-order valence-electron chi connectivity index (χ0n) is 73.8. The van der Waals surface area contributed by atoms with Crippen molar-refractivity contribution in [1.82, 2.24) is 0 Å². The van der Waals surface area contributed by atoms with E-state index in [1.165, 1.54) is 334 Å². The summed E-state index contributed by atoms with van der Waals surface area (Å²) in [4.78, 5) is 73.5. The van der Waals surface area contributed by atoms with Crippen LogP contribution in [0, 0.1) is 5.92 Å². The van der Waals surface area contributed by atoms with Crippen LogP contribution >= 0.6 is 15.6 Å². The third-order valence-electron chi connectivity index (χ3n) is 22.0. The number of phosphoric acid groups is 2. The van der Waals surface area contributed by atoms with E-state index < -0.39 is 97.5 Å². The van der Waals surface area contributed by atoms with E-state index in [1.807, 2.05) is 0 Å². The summed E-state index contributed by atoms with van der Waals surface area (Å²) in [5, 5.41) is 10.7. The fourth-order valence-electron chi connectivity index (χ4n) is 14.7. The number of carbonyl (C=O) groups excluding carboxylic acids is 4. The highest BCUT2D eigenvalue weighted by molar-refractivity contribution is 7.47. The van der Waals surface area contributed by atoms with Crippen molar-refractivity contribution in [1.29, 1.82) is 0 Å². The lowest BCUT2D eigenvalue weighted by molar-refractivity contribution is -0.161. The van der Waals surface area contributed by atoms with Gasteiger partial charge in [-0.15, -0.1) is 0 Å². The van der Waals surface area contributed by atoms with Crippen molar-refractivity contribution in [3.8, 4) is 0 Å². The first kappa shape index (κ1) is 110. The van der Waals surface area contributed by atoms with Crippen molar-refractivity contribution >= 4 is 39.5 Å². The van der Waals surface area contributed by atoms with Crippen molar-refractivity contribution in [2.24, 2.45) is 5.92 Å². The van der Waals surface area contributed by atoms with Crippen LogP contribution in [0.15, 0.2) is 0 Å². The molecule has 0 saturated heterocycles. The molecule has 0 aliphatic rings. The minimum absolute atomic E-state index is 0.109. The Morgan fingerprint density at radius 1 is 0.241 bits per heavy atom. The number of phosphoric ester groups is 2. The van der Waals surface area contributed by atoms with Gasteiger partial charge in [-0.3, -0.25) is 37.3 Å². The first-order chi connectivity index (χ1) is 54.5. The van der Waals surface area contributed by atoms with E-state index in [0.717, 1.165) is 95.8 Å². The highest BCUT2D eigenvalue weighted by Gasteiger charge is 2.31. The number of aliphatic hydroxyl groups excluding tert-OH is 1. The molecule has 112 heavy (non-hydrogen) atoms. The van der Waals surface area contributed by atoms with Gasteiger partial charge in [0.1, 0.15) is 19.3 Å². The molecule has 0 aliphatic carbocycles. The summed E-state index contributed by atoms with van der Waals surface area (Å²) in [6, 6.07) is 0. The molecule has 0 saturated carbocycles. The van der Waals surface area contributed by atoms with Crippen LogP contribution in [0.5, 0.6) is 0 Å². The van der Waals surface area contributed by atoms with Crippen LogP contribution in [-0.4, -0.2) is 96.7 Å². The van der Waals surface area contributed by atoms with Crippen molar-refractivity contribution in [3.05, 3.63) is 0 Å². The lowest BCUT2D eigenvalue weighted by Gasteiger charge is -2.21. The molecule has 0 bridgehead atoms. The SMILES string of the molecule is CCCCCCCCCCCCCCCCCCCCCCCC(=O)OC[C@H](COP(=O)(O)OC[C@@H](O)COP(=O)(O)OC[C@@H](COC(=O)CCCCCCCCCCC(C)C)OC(=O)CCCCCCCCCCCCCCCCCCCCC)OC(=O)CCCCCCCCCCCCCCCCCCCCCCC. The number of esters is 4. The Kier molecular flexibility index (Phi) is 84.0. The van der Waals surface area contributed by atoms with Gasteiger partial charge in [0.15, 0.2) is 12.2 Å². The first-order valence-corrected chi connectivity index (χ1v) is 51.1. The summed E-state index contributed by atoms with van der Waals surface area (Å²) >= 11 is 0. The van der Waals surface area contributed by atoms with Gasteiger partial charge < -0.3 is 33.8 Å². The van der Waals surface area contributed by atoms with Gasteiger partial charge in [0.2, 0.25) is 0 Å². The molecule has 0 fully saturated rings. The zero-order valence-corrected chi connectivity index (χ0v) is 75.6. The van der Waals surface area contributed by atoms with Crippen molar-refractivity contribution in [2.45, 2.75) is 528 Å². The van der Waals surface area contributed by atoms with Crippen LogP contribution in [0.1, 0.15) is 510 Å². The molecule has 0 aromatic rings. The van der Waals surface area contributed by atoms with Crippen molar-refractivity contribution < 1.29 is 80.2 Å². The molecule has 0 aliphatic heterocycles. The molecular weight excluding hydrogens is 1450 g/mol. The van der Waals surface area contributed by atoms with Gasteiger partial charge in [-0.05, 0) is 31.6 Å². The Labute approximate surface area is 689 Å². The van der Waals surface area contributed by atoms with E-state index in [4.69, 9.17) is 37.0 Å². The maximum atomic E-state index is 13.2. The average Bonchev–Trinajstić information content (AvgIpc) is 0.894. The van der Waals surface area contributed by atoms with Gasteiger partial charge in [0.25, 0.3) is 0 Å². The number of ether oxygens (including phenoxy) is 4. The lowest BCUT2D eigenvalue weighted by Crippen LogP contribution is -2.30. The second kappa shape index (κ2) is 85.5. The molecule has 0 aromatic carbocycles. The van der Waals surface area contributed by atoms with E-state index in [1.54, 1.807) is 0 Å². The largest absolute Gasteiger partial charge is 0.472 e. The molecular formula is C93H182O17P2. The molecule has 0 spiro atoms. The van der Waals surface area contributed by atoms with Crippen molar-refractivity contribution in [2.75, 3.05) is 39.6 Å². The predicted octanol–water partition coefficient (Wildman–Crippen LogP) is 29.1. The maximum absolute atomic E-state index is 13.2. The van der Waals surface area contributed by atoms with Crippen LogP contribution in [0.3, 0.4) is 0 Å². The van der Waals surface area contributed by atoms with E-state index in [-0.39, 0.29) is 25.7 Å². The smallest absolute Gasteiger partial charge is 0.462 e. The third-order valence-corrected chi connectivity index (χ3v) is 23.9. The number of carbonyl (C=O) groups is 4. The Bertz CT molecular complexity index is 2120. The number of rotatable bonds is 93. The predicted molar refractivity (Wildman–Crippen MR) is 465 cm³/mol. The second-order valence-corrected chi connectivity index (χ2v) is 36.8. The number of aliphatic hydroxyl groups is 1. The maximum Gasteiger partial charge on any atom is 0.472 e. The van der Waals surface area contributed by atoms with Crippen LogP contribution in [0.25, 0.3) is 0 Å². The first-order valence-electron chi connectivity index (χ1n) is 48.1. The summed E-state index contributed by atoms with van der Waals surface area (Å²) < 4.78 is 69.1. The van der Waals surface area contributed by atoms with E-state index >= 15 is 0 Å². The molecule has 0 heterocycles. The Hall–Kier alpha value is -1.94. The Morgan fingerprint density at radius 3 is 0.607 bits per heavy atom. The highest BCUT2D eigenvalue weighted by Crippen LogP contribution is 2.45. The summed E-state index contributed by atoms with van der Waals surface area (Å²) in [6.07, 6.45) is 82.3. The quantitative estimate of drug-likeness (QED) is 0.0222. The van der Waals surface area contributed by atoms with E-state index in [2.05, 4.69) is 34.6 Å². The number of hydrogen-bond donors (Lipinski definition) is 3. The van der Waals surface area contributed by atoms with Gasteiger partial charge in [0.05, 0.1) is 26.4 Å². The van der Waals surface area contributed by atoms with Gasteiger partial charge in [-0.25, -0.2) is 9.13 Å². The Balaban J connectivity index is 5.22. The normalized spacial score (nSPS) is 13.7. The molecule has 0 amide bonds. The van der Waals surface area contributed by atoms with Gasteiger partial charge in [-0.1, -0.05) is 458 Å². The molecule has 0 rings (SSSR count). The fraction of sp³-hybridized carbons (Fsp3) is 0.957. The van der Waals surface area contributed by atoms with Crippen LogP contribution in [0.2, 0.25) is 0 Å². The molecule has 2 unspecified atom stereocenters. The molecule has 5 atom stereocenters. The molecule has 3 N–H and O–H groups in total. The topological polar surface area (TPSA) is 237 Å². The Morgan fingerprint density at radius 2 is 0.411 bits per heavy atom. The molecule has 17 nitrogen and oxygen atoms in total. The van der Waals surface area contributed by atoms with E-state index in [9.17, 15) is 43.2 Å². The summed E-state index contributed by atoms with van der Waals surface area (Å²) in [5.74, 6) is -1.37. The molecule has 0 aromatic heterocycles.